The first-order valence-electron chi connectivity index (χ1n) is 7.01. The predicted molar refractivity (Wildman–Crippen MR) is 93.8 cm³/mol. The zero-order valence-electron chi connectivity index (χ0n) is 13.5. The van der Waals surface area contributed by atoms with Crippen LogP contribution in [0.25, 0.3) is 0 Å². The molecular weight excluding hydrogens is 332 g/mol. The minimum Gasteiger partial charge on any atom is -0.497 e. The van der Waals surface area contributed by atoms with E-state index in [0.29, 0.717) is 22.9 Å². The third-order valence-corrected chi connectivity index (χ3v) is 3.68. The Morgan fingerprint density at radius 3 is 2.50 bits per heavy atom. The van der Waals surface area contributed by atoms with Gasteiger partial charge in [0.2, 0.25) is 0 Å². The van der Waals surface area contributed by atoms with E-state index < -0.39 is 5.97 Å². The summed E-state index contributed by atoms with van der Waals surface area (Å²) < 4.78 is 10.5. The second-order valence-electron chi connectivity index (χ2n) is 4.88. The molecule has 7 heteroatoms. The summed E-state index contributed by atoms with van der Waals surface area (Å²) in [7, 11) is 3.15. The van der Waals surface area contributed by atoms with Crippen molar-refractivity contribution in [2.24, 2.45) is 5.10 Å². The molecule has 2 N–H and O–H groups in total. The molecule has 0 aromatic heterocycles. The van der Waals surface area contributed by atoms with Crippen LogP contribution in [-0.4, -0.2) is 31.0 Å². The topological polar surface area (TPSA) is 80.2 Å². The van der Waals surface area contributed by atoms with Crippen molar-refractivity contribution in [3.63, 3.8) is 0 Å². The van der Waals surface area contributed by atoms with Gasteiger partial charge in [-0.15, -0.1) is 0 Å². The predicted octanol–water partition coefficient (Wildman–Crippen LogP) is 3.89. The van der Waals surface area contributed by atoms with Gasteiger partial charge in [-0.3, -0.25) is 5.43 Å². The quantitative estimate of drug-likeness (QED) is 0.611. The number of aromatic carboxylic acids is 1. The summed E-state index contributed by atoms with van der Waals surface area (Å²) in [6, 6.07) is 9.96. The summed E-state index contributed by atoms with van der Waals surface area (Å²) in [5, 5.41) is 13.5. The Labute approximate surface area is 144 Å². The molecule has 0 bridgehead atoms. The summed E-state index contributed by atoms with van der Waals surface area (Å²) in [6.45, 7) is 1.80. The maximum Gasteiger partial charge on any atom is 0.337 e. The Hall–Kier alpha value is -2.73. The highest BCUT2D eigenvalue weighted by atomic mass is 35.5. The number of hydrogen-bond acceptors (Lipinski definition) is 5. The Morgan fingerprint density at radius 2 is 1.88 bits per heavy atom. The van der Waals surface area contributed by atoms with Gasteiger partial charge in [0.1, 0.15) is 11.5 Å². The lowest BCUT2D eigenvalue weighted by Gasteiger charge is -2.11. The minimum absolute atomic E-state index is 0.00785. The van der Waals surface area contributed by atoms with Crippen LogP contribution in [0.4, 0.5) is 5.69 Å². The van der Waals surface area contributed by atoms with Crippen LogP contribution in [0.5, 0.6) is 11.5 Å². The van der Waals surface area contributed by atoms with Crippen LogP contribution in [0.3, 0.4) is 0 Å². The van der Waals surface area contributed by atoms with Crippen LogP contribution in [0, 0.1) is 0 Å². The molecule has 2 aromatic rings. The number of carboxylic acids is 1. The number of carbonyl (C=O) groups is 1. The van der Waals surface area contributed by atoms with Gasteiger partial charge in [-0.1, -0.05) is 11.6 Å². The summed E-state index contributed by atoms with van der Waals surface area (Å²) in [4.78, 5) is 11.1. The lowest BCUT2D eigenvalue weighted by atomic mass is 10.1. The SMILES string of the molecule is COc1ccc(OC)c(/C(C)=N/Nc2ccc(Cl)c(C(=O)O)c2)c1. The van der Waals surface area contributed by atoms with Crippen molar-refractivity contribution < 1.29 is 19.4 Å². The molecule has 0 atom stereocenters. The molecule has 0 amide bonds. The van der Waals surface area contributed by atoms with Crippen molar-refractivity contribution in [1.82, 2.24) is 0 Å². The normalized spacial score (nSPS) is 11.1. The first-order chi connectivity index (χ1) is 11.5. The second-order valence-corrected chi connectivity index (χ2v) is 5.28. The molecule has 0 radical (unpaired) electrons. The molecule has 0 aliphatic rings. The van der Waals surface area contributed by atoms with Gasteiger partial charge < -0.3 is 14.6 Å². The van der Waals surface area contributed by atoms with Gasteiger partial charge in [-0.2, -0.15) is 5.10 Å². The lowest BCUT2D eigenvalue weighted by molar-refractivity contribution is 0.0697. The Bertz CT molecular complexity index is 790. The maximum atomic E-state index is 11.1. The fraction of sp³-hybridized carbons (Fsp3) is 0.176. The van der Waals surface area contributed by atoms with E-state index in [4.69, 9.17) is 26.2 Å². The van der Waals surface area contributed by atoms with Crippen LogP contribution in [0.15, 0.2) is 41.5 Å². The zero-order valence-corrected chi connectivity index (χ0v) is 14.2. The van der Waals surface area contributed by atoms with Crippen LogP contribution in [0.1, 0.15) is 22.8 Å². The van der Waals surface area contributed by atoms with Gasteiger partial charge >= 0.3 is 5.97 Å². The van der Waals surface area contributed by atoms with Gasteiger partial charge in [-0.25, -0.2) is 4.79 Å². The molecule has 0 aliphatic heterocycles. The van der Waals surface area contributed by atoms with Crippen LogP contribution >= 0.6 is 11.6 Å². The van der Waals surface area contributed by atoms with E-state index in [0.717, 1.165) is 5.56 Å². The number of halogens is 1. The van der Waals surface area contributed by atoms with Crippen molar-refractivity contribution in [2.75, 3.05) is 19.6 Å². The van der Waals surface area contributed by atoms with Crippen molar-refractivity contribution in [1.29, 1.82) is 0 Å². The number of benzene rings is 2. The second kappa shape index (κ2) is 7.70. The number of hydrazone groups is 1. The number of hydrogen-bond donors (Lipinski definition) is 2. The number of nitrogens with one attached hydrogen (secondary N) is 1. The zero-order chi connectivity index (χ0) is 17.7. The molecule has 126 valence electrons. The van der Waals surface area contributed by atoms with Crippen molar-refractivity contribution in [3.8, 4) is 11.5 Å². The van der Waals surface area contributed by atoms with Gasteiger partial charge in [0.25, 0.3) is 0 Å². The molecule has 0 saturated carbocycles. The monoisotopic (exact) mass is 348 g/mol. The molecule has 0 heterocycles. The largest absolute Gasteiger partial charge is 0.497 e. The van der Waals surface area contributed by atoms with E-state index in [9.17, 15) is 4.79 Å². The molecule has 2 aromatic carbocycles. The molecule has 0 aliphatic carbocycles. The highest BCUT2D eigenvalue weighted by molar-refractivity contribution is 6.33. The van der Waals surface area contributed by atoms with Gasteiger partial charge in [0, 0.05) is 5.56 Å². The van der Waals surface area contributed by atoms with Crippen LogP contribution < -0.4 is 14.9 Å². The number of rotatable bonds is 6. The van der Waals surface area contributed by atoms with E-state index in [1.807, 2.05) is 6.07 Å². The Kier molecular flexibility index (Phi) is 5.65. The molecule has 6 nitrogen and oxygen atoms in total. The van der Waals surface area contributed by atoms with Gasteiger partial charge in [0.05, 0.1) is 36.2 Å². The van der Waals surface area contributed by atoms with E-state index in [-0.39, 0.29) is 10.6 Å². The number of carboxylic acid groups (broad SMARTS) is 1. The third-order valence-electron chi connectivity index (χ3n) is 3.35. The fourth-order valence-corrected chi connectivity index (χ4v) is 2.26. The van der Waals surface area contributed by atoms with Crippen molar-refractivity contribution in [3.05, 3.63) is 52.5 Å². The van der Waals surface area contributed by atoms with E-state index >= 15 is 0 Å². The Morgan fingerprint density at radius 1 is 1.12 bits per heavy atom. The molecule has 2 rings (SSSR count). The summed E-state index contributed by atoms with van der Waals surface area (Å²) in [5.41, 5.74) is 4.76. The molecule has 0 unspecified atom stereocenters. The lowest BCUT2D eigenvalue weighted by Crippen LogP contribution is -2.04. The van der Waals surface area contributed by atoms with Crippen LogP contribution in [0.2, 0.25) is 5.02 Å². The molecule has 24 heavy (non-hydrogen) atoms. The van der Waals surface area contributed by atoms with Crippen molar-refractivity contribution in [2.45, 2.75) is 6.92 Å². The van der Waals surface area contributed by atoms with Gasteiger partial charge in [-0.05, 0) is 43.3 Å². The maximum absolute atomic E-state index is 11.1. The molecule has 0 spiro atoms. The van der Waals surface area contributed by atoms with E-state index in [2.05, 4.69) is 10.5 Å². The number of ether oxygens (including phenoxy) is 2. The van der Waals surface area contributed by atoms with Crippen molar-refractivity contribution >= 4 is 29.0 Å². The third kappa shape index (κ3) is 3.97. The average Bonchev–Trinajstić information content (AvgIpc) is 2.59. The van der Waals surface area contributed by atoms with Gasteiger partial charge in [0.15, 0.2) is 0 Å². The first kappa shape index (κ1) is 17.6. The smallest absolute Gasteiger partial charge is 0.337 e. The average molecular weight is 349 g/mol. The summed E-state index contributed by atoms with van der Waals surface area (Å²) in [6.07, 6.45) is 0. The first-order valence-corrected chi connectivity index (χ1v) is 7.39. The highest BCUT2D eigenvalue weighted by Gasteiger charge is 2.10. The molecule has 0 saturated heterocycles. The fourth-order valence-electron chi connectivity index (χ4n) is 2.06. The summed E-state index contributed by atoms with van der Waals surface area (Å²) >= 11 is 5.85. The van der Waals surface area contributed by atoms with E-state index in [1.165, 1.54) is 12.1 Å². The number of anilines is 1. The minimum atomic E-state index is -1.10. The molecular formula is C17H17ClN2O4. The standard InChI is InChI=1S/C17H17ClN2O4/c1-10(13-9-12(23-2)5-7-16(13)24-3)19-20-11-4-6-15(18)14(8-11)17(21)22/h4-9,20H,1-3H3,(H,21,22)/b19-10+. The number of nitrogens with zero attached hydrogens (tertiary/aromatic N) is 1. The summed E-state index contributed by atoms with van der Waals surface area (Å²) in [5.74, 6) is 0.236. The molecule has 0 fully saturated rings. The number of methoxy groups -OCH3 is 2. The van der Waals surface area contributed by atoms with E-state index in [1.54, 1.807) is 39.3 Å². The highest BCUT2D eigenvalue weighted by Crippen LogP contribution is 2.25. The van der Waals surface area contributed by atoms with Crippen LogP contribution in [-0.2, 0) is 0 Å². The Balaban J connectivity index is 2.29.